The summed E-state index contributed by atoms with van der Waals surface area (Å²) in [6.45, 7) is 3.49. The Hall–Kier alpha value is -3.48. The van der Waals surface area contributed by atoms with E-state index in [1.807, 2.05) is 25.1 Å². The Labute approximate surface area is 175 Å². The molecule has 2 aromatic carbocycles. The summed E-state index contributed by atoms with van der Waals surface area (Å²) in [5.74, 6) is -1.59. The molecule has 0 N–H and O–H groups in total. The molecule has 1 unspecified atom stereocenters. The van der Waals surface area contributed by atoms with Crippen LogP contribution in [0.5, 0.6) is 0 Å². The van der Waals surface area contributed by atoms with Gasteiger partial charge in [-0.1, -0.05) is 29.8 Å². The van der Waals surface area contributed by atoms with Crippen molar-refractivity contribution in [2.45, 2.75) is 32.8 Å². The number of carbonyl (C=O) groups is 4. The fourth-order valence-corrected chi connectivity index (χ4v) is 3.35. The first-order chi connectivity index (χ1) is 14.3. The van der Waals surface area contributed by atoms with E-state index in [2.05, 4.69) is 0 Å². The zero-order valence-corrected chi connectivity index (χ0v) is 17.3. The fourth-order valence-electron chi connectivity index (χ4n) is 3.35. The number of para-hydroxylation sites is 1. The number of amides is 3. The number of nitrogens with zero attached hydrogens (tertiary/aromatic N) is 2. The van der Waals surface area contributed by atoms with Crippen LogP contribution < -0.4 is 4.90 Å². The molecule has 0 fully saturated rings. The maximum absolute atomic E-state index is 12.5. The summed E-state index contributed by atoms with van der Waals surface area (Å²) < 4.78 is 5.23. The molecule has 7 heteroatoms. The van der Waals surface area contributed by atoms with Crippen LogP contribution >= 0.6 is 0 Å². The van der Waals surface area contributed by atoms with Crippen molar-refractivity contribution in [2.24, 2.45) is 0 Å². The minimum Gasteiger partial charge on any atom is -0.453 e. The van der Waals surface area contributed by atoms with E-state index >= 15 is 0 Å². The van der Waals surface area contributed by atoms with Crippen molar-refractivity contribution >= 4 is 29.4 Å². The number of rotatable bonds is 7. The van der Waals surface area contributed by atoms with Gasteiger partial charge in [0.15, 0.2) is 6.10 Å². The highest BCUT2D eigenvalue weighted by atomic mass is 16.5. The molecule has 0 radical (unpaired) electrons. The summed E-state index contributed by atoms with van der Waals surface area (Å²) >= 11 is 0. The summed E-state index contributed by atoms with van der Waals surface area (Å²) in [6, 6.07) is 14.2. The van der Waals surface area contributed by atoms with Gasteiger partial charge in [0, 0.05) is 25.7 Å². The number of benzene rings is 2. The Morgan fingerprint density at radius 3 is 2.40 bits per heavy atom. The summed E-state index contributed by atoms with van der Waals surface area (Å²) in [7, 11) is 1.62. The lowest BCUT2D eigenvalue weighted by molar-refractivity contribution is -0.153. The molecule has 1 atom stereocenters. The van der Waals surface area contributed by atoms with Crippen LogP contribution in [0.4, 0.5) is 5.69 Å². The van der Waals surface area contributed by atoms with E-state index in [1.165, 1.54) is 11.8 Å². The van der Waals surface area contributed by atoms with Crippen molar-refractivity contribution in [3.8, 4) is 0 Å². The molecule has 0 aliphatic carbocycles. The topological polar surface area (TPSA) is 84.0 Å². The normalized spacial score (nSPS) is 13.8. The number of aryl methyl sites for hydroxylation is 1. The van der Waals surface area contributed by atoms with E-state index in [9.17, 15) is 19.2 Å². The number of esters is 1. The second-order valence-electron chi connectivity index (χ2n) is 7.28. The zero-order chi connectivity index (χ0) is 21.8. The third kappa shape index (κ3) is 4.40. The third-order valence-corrected chi connectivity index (χ3v) is 5.02. The van der Waals surface area contributed by atoms with Crippen molar-refractivity contribution < 1.29 is 23.9 Å². The van der Waals surface area contributed by atoms with Gasteiger partial charge < -0.3 is 9.64 Å². The SMILES string of the molecule is Cc1ccc2c(c1)C(=O)N(CCCC(=O)OC(C)C(=O)N(C)c1ccccc1)C2=O. The highest BCUT2D eigenvalue weighted by Crippen LogP contribution is 2.24. The number of hydrogen-bond donors (Lipinski definition) is 0. The predicted octanol–water partition coefficient (Wildman–Crippen LogP) is 2.97. The van der Waals surface area contributed by atoms with Crippen LogP contribution in [0.15, 0.2) is 48.5 Å². The standard InChI is InChI=1S/C23H24N2O5/c1-15-11-12-18-19(14-15)23(29)25(22(18)28)13-7-10-20(26)30-16(2)21(27)24(3)17-8-5-4-6-9-17/h4-6,8-9,11-12,14,16H,7,10,13H2,1-3H3. The second kappa shape index (κ2) is 8.90. The molecule has 1 aliphatic heterocycles. The number of imide groups is 1. The molecule has 156 valence electrons. The zero-order valence-electron chi connectivity index (χ0n) is 17.3. The molecule has 0 aromatic heterocycles. The summed E-state index contributed by atoms with van der Waals surface area (Å²) in [6.07, 6.45) is -0.678. The van der Waals surface area contributed by atoms with E-state index in [4.69, 9.17) is 4.74 Å². The molecule has 0 spiro atoms. The quantitative estimate of drug-likeness (QED) is 0.520. The van der Waals surface area contributed by atoms with Crippen LogP contribution in [-0.4, -0.2) is 48.3 Å². The van der Waals surface area contributed by atoms with Gasteiger partial charge in [-0.25, -0.2) is 0 Å². The van der Waals surface area contributed by atoms with Crippen molar-refractivity contribution in [2.75, 3.05) is 18.5 Å². The number of likely N-dealkylation sites (N-methyl/N-ethyl adjacent to an activating group) is 1. The van der Waals surface area contributed by atoms with Crippen molar-refractivity contribution in [3.63, 3.8) is 0 Å². The number of anilines is 1. The Kier molecular flexibility index (Phi) is 6.30. The van der Waals surface area contributed by atoms with Crippen LogP contribution in [0, 0.1) is 6.92 Å². The van der Waals surface area contributed by atoms with Gasteiger partial charge in [0.2, 0.25) is 0 Å². The Morgan fingerprint density at radius 1 is 1.03 bits per heavy atom. The molecule has 1 heterocycles. The maximum atomic E-state index is 12.5. The van der Waals surface area contributed by atoms with Crippen molar-refractivity contribution in [1.29, 1.82) is 0 Å². The first-order valence-electron chi connectivity index (χ1n) is 9.78. The average Bonchev–Trinajstić information content (AvgIpc) is 2.97. The molecule has 1 aliphatic rings. The van der Waals surface area contributed by atoms with Crippen molar-refractivity contribution in [3.05, 3.63) is 65.2 Å². The lowest BCUT2D eigenvalue weighted by atomic mass is 10.1. The van der Waals surface area contributed by atoms with Gasteiger partial charge in [-0.3, -0.25) is 24.1 Å². The smallest absolute Gasteiger partial charge is 0.306 e. The first kappa shape index (κ1) is 21.2. The maximum Gasteiger partial charge on any atom is 0.306 e. The summed E-state index contributed by atoms with van der Waals surface area (Å²) in [5, 5.41) is 0. The molecule has 30 heavy (non-hydrogen) atoms. The Balaban J connectivity index is 1.49. The minimum absolute atomic E-state index is 0.000889. The largest absolute Gasteiger partial charge is 0.453 e. The van der Waals surface area contributed by atoms with E-state index in [1.54, 1.807) is 37.4 Å². The van der Waals surface area contributed by atoms with E-state index < -0.39 is 12.1 Å². The Bertz CT molecular complexity index is 986. The average molecular weight is 408 g/mol. The van der Waals surface area contributed by atoms with Crippen molar-refractivity contribution in [1.82, 2.24) is 4.90 Å². The molecule has 3 amide bonds. The fraction of sp³-hybridized carbons (Fsp3) is 0.304. The molecular formula is C23H24N2O5. The molecule has 0 bridgehead atoms. The number of ether oxygens (including phenoxy) is 1. The summed E-state index contributed by atoms with van der Waals surface area (Å²) in [4.78, 5) is 52.0. The second-order valence-corrected chi connectivity index (χ2v) is 7.28. The molecule has 0 saturated carbocycles. The highest BCUT2D eigenvalue weighted by Gasteiger charge is 2.35. The van der Waals surface area contributed by atoms with Crippen LogP contribution in [0.25, 0.3) is 0 Å². The monoisotopic (exact) mass is 408 g/mol. The molecule has 7 nitrogen and oxygen atoms in total. The van der Waals surface area contributed by atoms with Crippen LogP contribution in [0.2, 0.25) is 0 Å². The number of hydrogen-bond acceptors (Lipinski definition) is 5. The van der Waals surface area contributed by atoms with E-state index in [-0.39, 0.29) is 37.1 Å². The molecule has 3 rings (SSSR count). The van der Waals surface area contributed by atoms with Gasteiger partial charge in [0.1, 0.15) is 0 Å². The Morgan fingerprint density at radius 2 is 1.70 bits per heavy atom. The van der Waals surface area contributed by atoms with Gasteiger partial charge in [-0.15, -0.1) is 0 Å². The van der Waals surface area contributed by atoms with Crippen LogP contribution in [-0.2, 0) is 14.3 Å². The van der Waals surface area contributed by atoms with Gasteiger partial charge in [-0.2, -0.15) is 0 Å². The third-order valence-electron chi connectivity index (χ3n) is 5.02. The highest BCUT2D eigenvalue weighted by molar-refractivity contribution is 6.21. The van der Waals surface area contributed by atoms with Crippen LogP contribution in [0.1, 0.15) is 46.0 Å². The lowest BCUT2D eigenvalue weighted by Gasteiger charge is -2.21. The van der Waals surface area contributed by atoms with E-state index in [0.717, 1.165) is 10.5 Å². The lowest BCUT2D eigenvalue weighted by Crippen LogP contribution is -2.37. The molecule has 0 saturated heterocycles. The van der Waals surface area contributed by atoms with Gasteiger partial charge in [-0.05, 0) is 44.5 Å². The van der Waals surface area contributed by atoms with Gasteiger partial charge in [0.25, 0.3) is 17.7 Å². The number of fused-ring (bicyclic) bond motifs is 1. The van der Waals surface area contributed by atoms with E-state index in [0.29, 0.717) is 16.8 Å². The van der Waals surface area contributed by atoms with Crippen LogP contribution in [0.3, 0.4) is 0 Å². The molecular weight excluding hydrogens is 384 g/mol. The summed E-state index contributed by atoms with van der Waals surface area (Å²) in [5.41, 5.74) is 2.38. The van der Waals surface area contributed by atoms with Gasteiger partial charge in [0.05, 0.1) is 11.1 Å². The molecule has 2 aromatic rings. The minimum atomic E-state index is -0.940. The van der Waals surface area contributed by atoms with Gasteiger partial charge >= 0.3 is 5.97 Å². The predicted molar refractivity (Wildman–Crippen MR) is 111 cm³/mol. The number of carbonyl (C=O) groups excluding carboxylic acids is 4. The first-order valence-corrected chi connectivity index (χ1v) is 9.78.